The standard InChI is InChI=1S/C10H21N3O3S/c1-9-8-16-10(6-11)7-13(9)17(14,15)12-4-2-3-5-12/h9-10H,2-8,11H2,1H3. The summed E-state index contributed by atoms with van der Waals surface area (Å²) in [6.07, 6.45) is 1.74. The average Bonchev–Trinajstić information content (AvgIpc) is 2.83. The summed E-state index contributed by atoms with van der Waals surface area (Å²) < 4.78 is 33.4. The molecule has 6 nitrogen and oxygen atoms in total. The Morgan fingerprint density at radius 3 is 2.59 bits per heavy atom. The van der Waals surface area contributed by atoms with E-state index in [0.29, 0.717) is 32.8 Å². The Labute approximate surface area is 103 Å². The molecule has 2 fully saturated rings. The normalized spacial score (nSPS) is 33.1. The minimum atomic E-state index is -3.32. The van der Waals surface area contributed by atoms with Crippen LogP contribution in [0.2, 0.25) is 0 Å². The van der Waals surface area contributed by atoms with E-state index in [4.69, 9.17) is 10.5 Å². The summed E-state index contributed by atoms with van der Waals surface area (Å²) in [7, 11) is -3.32. The summed E-state index contributed by atoms with van der Waals surface area (Å²) in [4.78, 5) is 0. The fourth-order valence-electron chi connectivity index (χ4n) is 2.32. The monoisotopic (exact) mass is 263 g/mol. The molecule has 0 aliphatic carbocycles. The molecule has 2 rings (SSSR count). The second-order valence-electron chi connectivity index (χ2n) is 4.72. The van der Waals surface area contributed by atoms with Crippen molar-refractivity contribution in [2.24, 2.45) is 5.73 Å². The molecule has 2 unspecified atom stereocenters. The van der Waals surface area contributed by atoms with E-state index in [0.717, 1.165) is 12.8 Å². The number of nitrogens with zero attached hydrogens (tertiary/aromatic N) is 2. The van der Waals surface area contributed by atoms with Crippen molar-refractivity contribution in [1.29, 1.82) is 0 Å². The Balaban J connectivity index is 2.12. The van der Waals surface area contributed by atoms with Gasteiger partial charge in [0.05, 0.1) is 12.7 Å². The zero-order valence-electron chi connectivity index (χ0n) is 10.2. The van der Waals surface area contributed by atoms with E-state index in [2.05, 4.69) is 0 Å². The van der Waals surface area contributed by atoms with Crippen molar-refractivity contribution in [1.82, 2.24) is 8.61 Å². The van der Waals surface area contributed by atoms with Crippen LogP contribution in [-0.4, -0.2) is 62.0 Å². The predicted octanol–water partition coefficient (Wildman–Crippen LogP) is -0.625. The molecule has 2 aliphatic rings. The van der Waals surface area contributed by atoms with Gasteiger partial charge in [0.25, 0.3) is 10.2 Å². The smallest absolute Gasteiger partial charge is 0.282 e. The lowest BCUT2D eigenvalue weighted by molar-refractivity contribution is -0.0236. The molecule has 2 atom stereocenters. The van der Waals surface area contributed by atoms with Crippen LogP contribution in [0, 0.1) is 0 Å². The number of hydrogen-bond acceptors (Lipinski definition) is 4. The van der Waals surface area contributed by atoms with Crippen LogP contribution in [0.25, 0.3) is 0 Å². The minimum absolute atomic E-state index is 0.108. The van der Waals surface area contributed by atoms with Gasteiger partial charge in [0.1, 0.15) is 0 Å². The molecule has 2 N–H and O–H groups in total. The van der Waals surface area contributed by atoms with Crippen molar-refractivity contribution in [3.8, 4) is 0 Å². The van der Waals surface area contributed by atoms with Crippen LogP contribution in [0.5, 0.6) is 0 Å². The quantitative estimate of drug-likeness (QED) is 0.736. The zero-order valence-corrected chi connectivity index (χ0v) is 11.0. The first kappa shape index (κ1) is 13.2. The van der Waals surface area contributed by atoms with Crippen LogP contribution >= 0.6 is 0 Å². The van der Waals surface area contributed by atoms with E-state index < -0.39 is 10.2 Å². The lowest BCUT2D eigenvalue weighted by Gasteiger charge is -2.38. The molecule has 0 aromatic carbocycles. The van der Waals surface area contributed by atoms with E-state index in [1.807, 2.05) is 6.92 Å². The molecule has 0 aromatic heterocycles. The maximum Gasteiger partial charge on any atom is 0.282 e. The van der Waals surface area contributed by atoms with Crippen LogP contribution in [0.3, 0.4) is 0 Å². The van der Waals surface area contributed by atoms with Gasteiger partial charge >= 0.3 is 0 Å². The van der Waals surface area contributed by atoms with E-state index >= 15 is 0 Å². The van der Waals surface area contributed by atoms with Crippen molar-refractivity contribution >= 4 is 10.2 Å². The van der Waals surface area contributed by atoms with Gasteiger partial charge < -0.3 is 10.5 Å². The highest BCUT2D eigenvalue weighted by atomic mass is 32.2. The summed E-state index contributed by atoms with van der Waals surface area (Å²) in [5.74, 6) is 0. The van der Waals surface area contributed by atoms with E-state index in [1.165, 1.54) is 0 Å². The van der Waals surface area contributed by atoms with Gasteiger partial charge in [0, 0.05) is 32.2 Å². The third kappa shape index (κ3) is 2.63. The highest BCUT2D eigenvalue weighted by molar-refractivity contribution is 7.86. The molecule has 0 aromatic rings. The van der Waals surface area contributed by atoms with Gasteiger partial charge in [-0.05, 0) is 19.8 Å². The van der Waals surface area contributed by atoms with Gasteiger partial charge in [-0.25, -0.2) is 0 Å². The first-order chi connectivity index (χ1) is 8.05. The molecule has 0 spiro atoms. The Morgan fingerprint density at radius 1 is 1.35 bits per heavy atom. The van der Waals surface area contributed by atoms with Gasteiger partial charge in [0.2, 0.25) is 0 Å². The summed E-state index contributed by atoms with van der Waals surface area (Å²) >= 11 is 0. The zero-order chi connectivity index (χ0) is 12.5. The fraction of sp³-hybridized carbons (Fsp3) is 1.00. The lowest BCUT2D eigenvalue weighted by Crippen LogP contribution is -2.56. The molecule has 0 amide bonds. The summed E-state index contributed by atoms with van der Waals surface area (Å²) in [5.41, 5.74) is 5.55. The van der Waals surface area contributed by atoms with Gasteiger partial charge in [-0.15, -0.1) is 0 Å². The van der Waals surface area contributed by atoms with E-state index in [1.54, 1.807) is 8.61 Å². The molecule has 100 valence electrons. The SMILES string of the molecule is CC1COC(CN)CN1S(=O)(=O)N1CCCC1. The Hall–Kier alpha value is -0.210. The number of rotatable bonds is 3. The molecular formula is C10H21N3O3S. The molecule has 7 heteroatoms. The second-order valence-corrected chi connectivity index (χ2v) is 6.60. The molecule has 0 bridgehead atoms. The fourth-order valence-corrected chi connectivity index (χ4v) is 4.21. The van der Waals surface area contributed by atoms with E-state index in [-0.39, 0.29) is 12.1 Å². The molecule has 0 saturated carbocycles. The largest absolute Gasteiger partial charge is 0.374 e. The number of hydrogen-bond donors (Lipinski definition) is 1. The molecule has 2 saturated heterocycles. The van der Waals surface area contributed by atoms with Gasteiger partial charge in [-0.2, -0.15) is 17.0 Å². The van der Waals surface area contributed by atoms with Crippen molar-refractivity contribution in [3.05, 3.63) is 0 Å². The van der Waals surface area contributed by atoms with Gasteiger partial charge in [0.15, 0.2) is 0 Å². The molecule has 2 aliphatic heterocycles. The topological polar surface area (TPSA) is 75.9 Å². The Morgan fingerprint density at radius 2 is 2.00 bits per heavy atom. The highest BCUT2D eigenvalue weighted by Gasteiger charge is 2.38. The van der Waals surface area contributed by atoms with E-state index in [9.17, 15) is 8.42 Å². The highest BCUT2D eigenvalue weighted by Crippen LogP contribution is 2.22. The van der Waals surface area contributed by atoms with Crippen LogP contribution in [0.1, 0.15) is 19.8 Å². The molecule has 0 radical (unpaired) electrons. The first-order valence-corrected chi connectivity index (χ1v) is 7.54. The van der Waals surface area contributed by atoms with Gasteiger partial charge in [-0.1, -0.05) is 0 Å². The predicted molar refractivity (Wildman–Crippen MR) is 64.7 cm³/mol. The van der Waals surface area contributed by atoms with Crippen molar-refractivity contribution in [2.45, 2.75) is 31.9 Å². The number of nitrogens with two attached hydrogens (primary N) is 1. The van der Waals surface area contributed by atoms with Crippen LogP contribution in [-0.2, 0) is 14.9 Å². The summed E-state index contributed by atoms with van der Waals surface area (Å²) in [5, 5.41) is 0. The van der Waals surface area contributed by atoms with Crippen molar-refractivity contribution in [2.75, 3.05) is 32.8 Å². The third-order valence-electron chi connectivity index (χ3n) is 3.40. The van der Waals surface area contributed by atoms with Crippen molar-refractivity contribution < 1.29 is 13.2 Å². The molecule has 2 heterocycles. The first-order valence-electron chi connectivity index (χ1n) is 6.14. The summed E-state index contributed by atoms with van der Waals surface area (Å²) in [6.45, 7) is 4.31. The van der Waals surface area contributed by atoms with Crippen molar-refractivity contribution in [3.63, 3.8) is 0 Å². The number of morpholine rings is 1. The van der Waals surface area contributed by atoms with Crippen LogP contribution < -0.4 is 5.73 Å². The maximum atomic E-state index is 12.4. The molecule has 17 heavy (non-hydrogen) atoms. The van der Waals surface area contributed by atoms with Crippen LogP contribution in [0.15, 0.2) is 0 Å². The Kier molecular flexibility index (Phi) is 4.04. The average molecular weight is 263 g/mol. The Bertz CT molecular complexity index is 354. The van der Waals surface area contributed by atoms with Gasteiger partial charge in [-0.3, -0.25) is 0 Å². The second kappa shape index (κ2) is 5.19. The molecular weight excluding hydrogens is 242 g/mol. The summed E-state index contributed by atoms with van der Waals surface area (Å²) in [6, 6.07) is -0.108. The van der Waals surface area contributed by atoms with Crippen LogP contribution in [0.4, 0.5) is 0 Å². The third-order valence-corrected chi connectivity index (χ3v) is 5.52. The lowest BCUT2D eigenvalue weighted by atomic mass is 10.2. The minimum Gasteiger partial charge on any atom is -0.374 e. The maximum absolute atomic E-state index is 12.4. The number of ether oxygens (including phenoxy) is 1.